The van der Waals surface area contributed by atoms with E-state index in [2.05, 4.69) is 20.0 Å². The van der Waals surface area contributed by atoms with E-state index in [9.17, 15) is 4.79 Å². The van der Waals surface area contributed by atoms with Gasteiger partial charge in [0.05, 0.1) is 6.61 Å². The predicted octanol–water partition coefficient (Wildman–Crippen LogP) is 0.442. The highest BCUT2D eigenvalue weighted by Gasteiger charge is 2.01. The number of oxazole rings is 1. The van der Waals surface area contributed by atoms with Crippen molar-refractivity contribution < 1.29 is 13.9 Å². The van der Waals surface area contributed by atoms with Gasteiger partial charge in [-0.2, -0.15) is 4.98 Å². The van der Waals surface area contributed by atoms with Gasteiger partial charge in [0, 0.05) is 13.7 Å². The Morgan fingerprint density at radius 1 is 1.77 bits per heavy atom. The van der Waals surface area contributed by atoms with Crippen LogP contribution in [0.4, 0.5) is 10.6 Å². The van der Waals surface area contributed by atoms with Gasteiger partial charge < -0.3 is 14.5 Å². The molecule has 0 aliphatic carbocycles. The number of hydrogen-bond donors (Lipinski definition) is 2. The lowest BCUT2D eigenvalue weighted by Crippen LogP contribution is -2.31. The molecule has 1 aromatic heterocycles. The van der Waals surface area contributed by atoms with E-state index in [0.29, 0.717) is 19.0 Å². The van der Waals surface area contributed by atoms with E-state index in [0.717, 1.165) is 0 Å². The molecule has 6 nitrogen and oxygen atoms in total. The number of carbonyl (C=O) groups is 1. The lowest BCUT2D eigenvalue weighted by atomic mass is 10.6. The maximum Gasteiger partial charge on any atom is 0.320 e. The third-order valence-corrected chi connectivity index (χ3v) is 1.27. The molecule has 0 fully saturated rings. The fraction of sp³-hybridized carbons (Fsp3) is 0.429. The van der Waals surface area contributed by atoms with Gasteiger partial charge in [-0.25, -0.2) is 4.79 Å². The van der Waals surface area contributed by atoms with Crippen LogP contribution in [0.2, 0.25) is 0 Å². The molecule has 2 amide bonds. The Morgan fingerprint density at radius 3 is 3.23 bits per heavy atom. The first-order chi connectivity index (χ1) is 6.33. The van der Waals surface area contributed by atoms with E-state index in [4.69, 9.17) is 4.74 Å². The van der Waals surface area contributed by atoms with Gasteiger partial charge in [-0.15, -0.1) is 0 Å². The molecule has 0 spiro atoms. The fourth-order valence-corrected chi connectivity index (χ4v) is 0.701. The maximum atomic E-state index is 11.0. The Hall–Kier alpha value is -1.56. The monoisotopic (exact) mass is 185 g/mol. The number of nitrogens with zero attached hydrogens (tertiary/aromatic N) is 1. The topological polar surface area (TPSA) is 76.4 Å². The van der Waals surface area contributed by atoms with Crippen LogP contribution in [0.1, 0.15) is 0 Å². The van der Waals surface area contributed by atoms with Crippen LogP contribution in [0.25, 0.3) is 0 Å². The molecule has 1 aromatic rings. The summed E-state index contributed by atoms with van der Waals surface area (Å²) in [5.74, 6) is 0.384. The molecule has 6 heteroatoms. The van der Waals surface area contributed by atoms with Gasteiger partial charge in [0.2, 0.25) is 0 Å². The molecule has 0 unspecified atom stereocenters. The second kappa shape index (κ2) is 5.15. The van der Waals surface area contributed by atoms with Crippen molar-refractivity contribution >= 4 is 11.8 Å². The van der Waals surface area contributed by atoms with Crippen molar-refractivity contribution in [2.45, 2.75) is 0 Å². The molecule has 0 saturated heterocycles. The molecule has 1 heterocycles. The normalized spacial score (nSPS) is 9.62. The minimum absolute atomic E-state index is 0.328. The van der Waals surface area contributed by atoms with Crippen LogP contribution in [-0.2, 0) is 4.74 Å². The van der Waals surface area contributed by atoms with Crippen LogP contribution in [0.5, 0.6) is 0 Å². The van der Waals surface area contributed by atoms with Gasteiger partial charge in [-0.3, -0.25) is 5.32 Å². The molecule has 0 atom stereocenters. The van der Waals surface area contributed by atoms with E-state index in [-0.39, 0.29) is 6.03 Å². The molecule has 0 saturated carbocycles. The molecular formula is C7H11N3O3. The molecule has 2 N–H and O–H groups in total. The van der Waals surface area contributed by atoms with Gasteiger partial charge in [0.15, 0.2) is 12.2 Å². The standard InChI is InChI=1S/C7H11N3O3/c1-12-3-2-8-7(11)10-6-4-13-5-9-6/h4-5H,2-3H2,1H3,(H2,8,10,11). The fourth-order valence-electron chi connectivity index (χ4n) is 0.701. The number of hydrogen-bond acceptors (Lipinski definition) is 4. The molecule has 72 valence electrons. The highest BCUT2D eigenvalue weighted by molar-refractivity contribution is 5.87. The Morgan fingerprint density at radius 2 is 2.62 bits per heavy atom. The van der Waals surface area contributed by atoms with E-state index in [1.807, 2.05) is 0 Å². The largest absolute Gasteiger partial charge is 0.449 e. The number of methoxy groups -OCH3 is 1. The quantitative estimate of drug-likeness (QED) is 0.667. The lowest BCUT2D eigenvalue weighted by Gasteiger charge is -2.03. The zero-order valence-corrected chi connectivity index (χ0v) is 7.24. The summed E-state index contributed by atoms with van der Waals surface area (Å²) in [6.45, 7) is 0.937. The van der Waals surface area contributed by atoms with Crippen LogP contribution < -0.4 is 10.6 Å². The second-order valence-electron chi connectivity index (χ2n) is 2.25. The second-order valence-corrected chi connectivity index (χ2v) is 2.25. The first-order valence-electron chi connectivity index (χ1n) is 3.75. The van der Waals surface area contributed by atoms with E-state index >= 15 is 0 Å². The third-order valence-electron chi connectivity index (χ3n) is 1.27. The summed E-state index contributed by atoms with van der Waals surface area (Å²) in [4.78, 5) is 14.7. The summed E-state index contributed by atoms with van der Waals surface area (Å²) in [5, 5.41) is 5.04. The molecule has 1 rings (SSSR count). The molecule has 13 heavy (non-hydrogen) atoms. The molecule has 0 aliphatic rings. The van der Waals surface area contributed by atoms with Crippen molar-refractivity contribution in [1.29, 1.82) is 0 Å². The smallest absolute Gasteiger partial charge is 0.320 e. The number of anilines is 1. The van der Waals surface area contributed by atoms with E-state index in [1.165, 1.54) is 12.7 Å². The minimum Gasteiger partial charge on any atom is -0.449 e. The Labute approximate surface area is 75.3 Å². The third kappa shape index (κ3) is 3.57. The van der Waals surface area contributed by atoms with Crippen LogP contribution in [0.3, 0.4) is 0 Å². The van der Waals surface area contributed by atoms with Gasteiger partial charge in [-0.1, -0.05) is 0 Å². The summed E-state index contributed by atoms with van der Waals surface area (Å²) < 4.78 is 9.41. The van der Waals surface area contributed by atoms with Crippen molar-refractivity contribution in [3.05, 3.63) is 12.7 Å². The number of aromatic nitrogens is 1. The molecule has 0 aromatic carbocycles. The van der Waals surface area contributed by atoms with E-state index in [1.54, 1.807) is 7.11 Å². The van der Waals surface area contributed by atoms with Crippen LogP contribution in [-0.4, -0.2) is 31.3 Å². The summed E-state index contributed by atoms with van der Waals surface area (Å²) in [6, 6.07) is -0.328. The van der Waals surface area contributed by atoms with Crippen LogP contribution in [0.15, 0.2) is 17.1 Å². The maximum absolute atomic E-state index is 11.0. The highest BCUT2D eigenvalue weighted by Crippen LogP contribution is 1.99. The zero-order valence-electron chi connectivity index (χ0n) is 7.24. The molecule has 0 radical (unpaired) electrons. The zero-order chi connectivity index (χ0) is 9.52. The minimum atomic E-state index is -0.328. The molecular weight excluding hydrogens is 174 g/mol. The van der Waals surface area contributed by atoms with Crippen molar-refractivity contribution in [3.63, 3.8) is 0 Å². The van der Waals surface area contributed by atoms with E-state index < -0.39 is 0 Å². The number of nitrogens with one attached hydrogen (secondary N) is 2. The van der Waals surface area contributed by atoms with Crippen molar-refractivity contribution in [1.82, 2.24) is 10.3 Å². The number of urea groups is 1. The molecule has 0 bridgehead atoms. The first-order valence-corrected chi connectivity index (χ1v) is 3.75. The van der Waals surface area contributed by atoms with Crippen LogP contribution >= 0.6 is 0 Å². The summed E-state index contributed by atoms with van der Waals surface area (Å²) in [7, 11) is 1.57. The highest BCUT2D eigenvalue weighted by atomic mass is 16.5. The average molecular weight is 185 g/mol. The summed E-state index contributed by atoms with van der Waals surface area (Å²) >= 11 is 0. The number of ether oxygens (including phenoxy) is 1. The summed E-state index contributed by atoms with van der Waals surface area (Å²) in [6.07, 6.45) is 2.58. The van der Waals surface area contributed by atoms with Crippen molar-refractivity contribution in [2.24, 2.45) is 0 Å². The Bertz CT molecular complexity index is 247. The van der Waals surface area contributed by atoms with Gasteiger partial charge in [-0.05, 0) is 0 Å². The summed E-state index contributed by atoms with van der Waals surface area (Å²) in [5.41, 5.74) is 0. The van der Waals surface area contributed by atoms with Gasteiger partial charge in [0.25, 0.3) is 0 Å². The van der Waals surface area contributed by atoms with Crippen molar-refractivity contribution in [3.8, 4) is 0 Å². The molecule has 0 aliphatic heterocycles. The lowest BCUT2D eigenvalue weighted by molar-refractivity contribution is 0.198. The first kappa shape index (κ1) is 9.53. The van der Waals surface area contributed by atoms with Gasteiger partial charge >= 0.3 is 6.03 Å². The number of carbonyl (C=O) groups excluding carboxylic acids is 1. The Kier molecular flexibility index (Phi) is 3.77. The van der Waals surface area contributed by atoms with Crippen LogP contribution in [0, 0.1) is 0 Å². The SMILES string of the molecule is COCCNC(=O)Nc1cocn1. The van der Waals surface area contributed by atoms with Crippen molar-refractivity contribution in [2.75, 3.05) is 25.6 Å². The Balaban J connectivity index is 2.18. The average Bonchev–Trinajstić information content (AvgIpc) is 2.57. The predicted molar refractivity (Wildman–Crippen MR) is 45.4 cm³/mol. The number of rotatable bonds is 4. The number of amides is 2. The van der Waals surface area contributed by atoms with Gasteiger partial charge in [0.1, 0.15) is 6.26 Å².